The minimum Gasteiger partial charge on any atom is -1.00 e. The van der Waals surface area contributed by atoms with Gasteiger partial charge in [0, 0.05) is 29.1 Å². The zero-order chi connectivity index (χ0) is 16.8. The highest BCUT2D eigenvalue weighted by Crippen LogP contribution is 2.50. The van der Waals surface area contributed by atoms with Crippen LogP contribution in [0.3, 0.4) is 0 Å². The van der Waals surface area contributed by atoms with E-state index in [1.165, 1.54) is 16.5 Å². The highest BCUT2D eigenvalue weighted by Gasteiger charge is 2.25. The zero-order valence-electron chi connectivity index (χ0n) is 13.6. The van der Waals surface area contributed by atoms with Crippen molar-refractivity contribution in [3.05, 3.63) is 69.3 Å². The number of hydrogen-bond donors (Lipinski definition) is 0. The predicted molar refractivity (Wildman–Crippen MR) is 104 cm³/mol. The number of anilines is 1. The maximum absolute atomic E-state index is 6.38. The number of nitrogens with zero attached hydrogens (tertiary/aromatic N) is 2. The molecule has 128 valence electrons. The molecule has 0 atom stereocenters. The lowest BCUT2D eigenvalue weighted by molar-refractivity contribution is -0.644. The standard InChI is InChI=1S/C19H15Cl2N2S.HI/c1-22-8-7-12(14-5-3-4-6-16(14)22)9-18-23(2)19-15(21)10-13(20)11-17(19)24-18;/h3-11H,1-2H3;1H/q+1;/p-1. The quantitative estimate of drug-likeness (QED) is 0.374. The van der Waals surface area contributed by atoms with Crippen molar-refractivity contribution in [1.29, 1.82) is 0 Å². The van der Waals surface area contributed by atoms with Crippen LogP contribution in [-0.4, -0.2) is 7.05 Å². The number of benzene rings is 2. The molecule has 0 bridgehead atoms. The smallest absolute Gasteiger partial charge is 0.212 e. The van der Waals surface area contributed by atoms with E-state index in [-0.39, 0.29) is 24.0 Å². The average molecular weight is 501 g/mol. The van der Waals surface area contributed by atoms with Crippen LogP contribution in [0, 0.1) is 0 Å². The molecule has 2 aromatic carbocycles. The molecule has 2 heterocycles. The molecule has 0 saturated heterocycles. The average Bonchev–Trinajstić information content (AvgIpc) is 2.86. The van der Waals surface area contributed by atoms with E-state index < -0.39 is 0 Å². The molecule has 0 N–H and O–H groups in total. The predicted octanol–water partition coefficient (Wildman–Crippen LogP) is 2.52. The number of aryl methyl sites for hydroxylation is 1. The van der Waals surface area contributed by atoms with Crippen molar-refractivity contribution in [3.8, 4) is 0 Å². The van der Waals surface area contributed by atoms with Crippen LogP contribution in [0.4, 0.5) is 5.69 Å². The van der Waals surface area contributed by atoms with Crippen molar-refractivity contribution in [1.82, 2.24) is 0 Å². The second kappa shape index (κ2) is 7.35. The normalized spacial score (nSPS) is 14.7. The van der Waals surface area contributed by atoms with Gasteiger partial charge in [0.2, 0.25) is 5.52 Å². The highest BCUT2D eigenvalue weighted by atomic mass is 127. The molecular formula is C19H15Cl2IN2S. The van der Waals surface area contributed by atoms with Crippen molar-refractivity contribution in [2.24, 2.45) is 7.05 Å². The first-order valence-electron chi connectivity index (χ1n) is 7.54. The van der Waals surface area contributed by atoms with Gasteiger partial charge in [0.05, 0.1) is 21.1 Å². The van der Waals surface area contributed by atoms with Crippen molar-refractivity contribution >= 4 is 57.6 Å². The summed E-state index contributed by atoms with van der Waals surface area (Å²) in [4.78, 5) is 3.22. The van der Waals surface area contributed by atoms with E-state index in [0.29, 0.717) is 10.0 Å². The lowest BCUT2D eigenvalue weighted by atomic mass is 10.1. The van der Waals surface area contributed by atoms with Crippen LogP contribution < -0.4 is 33.4 Å². The van der Waals surface area contributed by atoms with Gasteiger partial charge in [-0.1, -0.05) is 47.1 Å². The Hall–Kier alpha value is -0.950. The van der Waals surface area contributed by atoms with E-state index in [1.54, 1.807) is 17.8 Å². The second-order valence-corrected chi connectivity index (χ2v) is 7.68. The fourth-order valence-electron chi connectivity index (χ4n) is 3.01. The van der Waals surface area contributed by atoms with Gasteiger partial charge in [0.1, 0.15) is 7.05 Å². The monoisotopic (exact) mass is 500 g/mol. The van der Waals surface area contributed by atoms with E-state index in [1.807, 2.05) is 13.1 Å². The lowest BCUT2D eigenvalue weighted by Crippen LogP contribution is -3.00. The molecule has 0 unspecified atom stereocenters. The largest absolute Gasteiger partial charge is 1.00 e. The van der Waals surface area contributed by atoms with Gasteiger partial charge in [0.25, 0.3) is 0 Å². The first-order valence-corrected chi connectivity index (χ1v) is 9.11. The second-order valence-electron chi connectivity index (χ2n) is 5.78. The summed E-state index contributed by atoms with van der Waals surface area (Å²) in [5.41, 5.74) is 3.41. The van der Waals surface area contributed by atoms with Gasteiger partial charge in [0.15, 0.2) is 6.20 Å². The summed E-state index contributed by atoms with van der Waals surface area (Å²) in [6.45, 7) is 0. The Balaban J connectivity index is 0.00000182. The van der Waals surface area contributed by atoms with Crippen LogP contribution in [-0.2, 0) is 7.05 Å². The molecule has 1 aliphatic rings. The van der Waals surface area contributed by atoms with Crippen LogP contribution in [0.25, 0.3) is 17.0 Å². The van der Waals surface area contributed by atoms with E-state index >= 15 is 0 Å². The van der Waals surface area contributed by atoms with Gasteiger partial charge in [-0.25, -0.2) is 4.57 Å². The molecule has 2 nitrogen and oxygen atoms in total. The van der Waals surface area contributed by atoms with Gasteiger partial charge in [-0.2, -0.15) is 0 Å². The van der Waals surface area contributed by atoms with Gasteiger partial charge in [-0.05, 0) is 29.8 Å². The van der Waals surface area contributed by atoms with Gasteiger partial charge >= 0.3 is 0 Å². The molecule has 0 amide bonds. The Morgan fingerprint density at radius 3 is 2.68 bits per heavy atom. The lowest BCUT2D eigenvalue weighted by Gasteiger charge is -2.15. The fraction of sp³-hybridized carbons (Fsp3) is 0.105. The van der Waals surface area contributed by atoms with Crippen LogP contribution in [0.5, 0.6) is 0 Å². The number of hydrogen-bond acceptors (Lipinski definition) is 2. The molecule has 0 spiro atoms. The van der Waals surface area contributed by atoms with Gasteiger partial charge < -0.3 is 28.9 Å². The minimum absolute atomic E-state index is 0. The summed E-state index contributed by atoms with van der Waals surface area (Å²) in [5, 5.41) is 3.70. The molecular weight excluding hydrogens is 486 g/mol. The summed E-state index contributed by atoms with van der Waals surface area (Å²) in [5.74, 6) is 0. The third-order valence-corrected chi connectivity index (χ3v) is 5.86. The fourth-order valence-corrected chi connectivity index (χ4v) is 4.92. The number of aromatic nitrogens is 1. The Morgan fingerprint density at radius 2 is 1.88 bits per heavy atom. The first kappa shape index (κ1) is 18.8. The van der Waals surface area contributed by atoms with Crippen molar-refractivity contribution in [2.75, 3.05) is 11.9 Å². The number of halogens is 3. The van der Waals surface area contributed by atoms with Crippen molar-refractivity contribution < 1.29 is 28.5 Å². The van der Waals surface area contributed by atoms with Crippen molar-refractivity contribution in [3.63, 3.8) is 0 Å². The molecule has 4 rings (SSSR count). The Labute approximate surface area is 178 Å². The third-order valence-electron chi connectivity index (χ3n) is 4.23. The number of pyridine rings is 1. The minimum atomic E-state index is 0. The van der Waals surface area contributed by atoms with Crippen molar-refractivity contribution in [2.45, 2.75) is 4.90 Å². The van der Waals surface area contributed by atoms with Crippen LogP contribution >= 0.6 is 35.0 Å². The summed E-state index contributed by atoms with van der Waals surface area (Å²) in [7, 11) is 4.10. The summed E-state index contributed by atoms with van der Waals surface area (Å²) < 4.78 is 2.13. The van der Waals surface area contributed by atoms with E-state index in [2.05, 4.69) is 59.1 Å². The molecule has 0 aliphatic carbocycles. The molecule has 25 heavy (non-hydrogen) atoms. The molecule has 1 aliphatic heterocycles. The highest BCUT2D eigenvalue weighted by molar-refractivity contribution is 8.03. The maximum Gasteiger partial charge on any atom is 0.212 e. The topological polar surface area (TPSA) is 7.12 Å². The Bertz CT molecular complexity index is 1000. The molecule has 0 saturated carbocycles. The van der Waals surface area contributed by atoms with Gasteiger partial charge in [-0.15, -0.1) is 0 Å². The third kappa shape index (κ3) is 3.37. The maximum atomic E-state index is 6.38. The molecule has 0 fully saturated rings. The number of para-hydroxylation sites is 1. The molecule has 1 aromatic heterocycles. The SMILES string of the molecule is CN1/C(=C/c2cc[n+](C)c3ccccc23)Sc2cc(Cl)cc(Cl)c21.[I-]. The number of thioether (sulfide) groups is 1. The first-order chi connectivity index (χ1) is 11.5. The number of fused-ring (bicyclic) bond motifs is 2. The molecule has 3 aromatic rings. The van der Waals surface area contributed by atoms with E-state index in [4.69, 9.17) is 23.2 Å². The zero-order valence-corrected chi connectivity index (χ0v) is 18.1. The number of rotatable bonds is 1. The van der Waals surface area contributed by atoms with E-state index in [9.17, 15) is 0 Å². The molecule has 6 heteroatoms. The molecule has 0 radical (unpaired) electrons. The summed E-state index contributed by atoms with van der Waals surface area (Å²) >= 11 is 14.2. The Kier molecular flexibility index (Phi) is 5.54. The van der Waals surface area contributed by atoms with Crippen LogP contribution in [0.2, 0.25) is 10.0 Å². The summed E-state index contributed by atoms with van der Waals surface area (Å²) in [6, 6.07) is 14.3. The van der Waals surface area contributed by atoms with E-state index in [0.717, 1.165) is 15.6 Å². The van der Waals surface area contributed by atoms with Crippen LogP contribution in [0.15, 0.2) is 58.6 Å². The van der Waals surface area contributed by atoms with Crippen LogP contribution in [0.1, 0.15) is 5.56 Å². The van der Waals surface area contributed by atoms with Gasteiger partial charge in [-0.3, -0.25) is 0 Å². The summed E-state index contributed by atoms with van der Waals surface area (Å²) in [6.07, 6.45) is 4.29. The Morgan fingerprint density at radius 1 is 1.12 bits per heavy atom.